The van der Waals surface area contributed by atoms with Gasteiger partial charge in [0, 0.05) is 22.5 Å². The van der Waals surface area contributed by atoms with Crippen LogP contribution in [0.5, 0.6) is 0 Å². The fourth-order valence-electron chi connectivity index (χ4n) is 3.76. The first-order valence-corrected chi connectivity index (χ1v) is 11.2. The zero-order chi connectivity index (χ0) is 25.3. The quantitative estimate of drug-likeness (QED) is 0.368. The molecule has 1 aliphatic rings. The molecule has 0 atom stereocenters. The molecule has 8 heteroatoms. The number of hydrogen-bond donors (Lipinski definition) is 2. The van der Waals surface area contributed by atoms with Crippen LogP contribution in [-0.2, 0) is 9.59 Å². The molecular formula is C27H22ClN3O4. The first-order valence-electron chi connectivity index (χ1n) is 10.8. The number of ketones is 1. The first kappa shape index (κ1) is 23.9. The SMILES string of the molecule is CC(=O)c1ccc(NC(=O)c2cccc(NC3=C(Cl)C(=O)N(c4ccc(C)cc4C)C3=O)c2)cc1. The number of Topliss-reactive ketones (excluding diaryl/α,β-unsaturated/α-hetero) is 1. The lowest BCUT2D eigenvalue weighted by molar-refractivity contribution is -0.120. The average Bonchev–Trinajstić information content (AvgIpc) is 3.03. The molecule has 35 heavy (non-hydrogen) atoms. The van der Waals surface area contributed by atoms with Gasteiger partial charge in [0.15, 0.2) is 5.78 Å². The molecule has 2 N–H and O–H groups in total. The van der Waals surface area contributed by atoms with Crippen LogP contribution in [0, 0.1) is 13.8 Å². The second-order valence-corrected chi connectivity index (χ2v) is 8.60. The number of carbonyl (C=O) groups excluding carboxylic acids is 4. The summed E-state index contributed by atoms with van der Waals surface area (Å²) in [5.74, 6) is -1.64. The number of rotatable bonds is 6. The van der Waals surface area contributed by atoms with Crippen LogP contribution >= 0.6 is 11.6 Å². The van der Waals surface area contributed by atoms with Crippen LogP contribution in [0.3, 0.4) is 0 Å². The third-order valence-electron chi connectivity index (χ3n) is 5.56. The third-order valence-corrected chi connectivity index (χ3v) is 5.91. The van der Waals surface area contributed by atoms with Gasteiger partial charge in [-0.3, -0.25) is 19.2 Å². The van der Waals surface area contributed by atoms with Crippen molar-refractivity contribution in [2.24, 2.45) is 0 Å². The highest BCUT2D eigenvalue weighted by molar-refractivity contribution is 6.53. The summed E-state index contributed by atoms with van der Waals surface area (Å²) in [7, 11) is 0. The highest BCUT2D eigenvalue weighted by atomic mass is 35.5. The number of hydrogen-bond acceptors (Lipinski definition) is 5. The summed E-state index contributed by atoms with van der Waals surface area (Å²) < 4.78 is 0. The number of aryl methyl sites for hydroxylation is 2. The van der Waals surface area contributed by atoms with E-state index in [1.165, 1.54) is 6.92 Å². The Morgan fingerprint density at radius 3 is 2.20 bits per heavy atom. The minimum atomic E-state index is -0.617. The van der Waals surface area contributed by atoms with Crippen molar-refractivity contribution in [2.75, 3.05) is 15.5 Å². The molecule has 0 aliphatic carbocycles. The van der Waals surface area contributed by atoms with Crippen LogP contribution in [0.4, 0.5) is 17.1 Å². The van der Waals surface area contributed by atoms with E-state index in [2.05, 4.69) is 10.6 Å². The van der Waals surface area contributed by atoms with Crippen LogP contribution in [0.2, 0.25) is 0 Å². The molecule has 3 aromatic rings. The predicted octanol–water partition coefficient (Wildman–Crippen LogP) is 5.19. The highest BCUT2D eigenvalue weighted by Crippen LogP contribution is 2.32. The number of nitrogens with one attached hydrogen (secondary N) is 2. The largest absolute Gasteiger partial charge is 0.350 e. The highest BCUT2D eigenvalue weighted by Gasteiger charge is 2.39. The van der Waals surface area contributed by atoms with E-state index in [0.29, 0.717) is 28.2 Å². The van der Waals surface area contributed by atoms with Gasteiger partial charge in [-0.15, -0.1) is 0 Å². The zero-order valence-electron chi connectivity index (χ0n) is 19.3. The molecule has 3 aromatic carbocycles. The van der Waals surface area contributed by atoms with Gasteiger partial charge in [0.1, 0.15) is 10.7 Å². The first-order chi connectivity index (χ1) is 16.7. The Hall–Kier alpha value is -4.23. The Morgan fingerprint density at radius 1 is 0.829 bits per heavy atom. The number of imide groups is 1. The summed E-state index contributed by atoms with van der Waals surface area (Å²) in [5, 5.41) is 5.44. The Balaban J connectivity index is 1.52. The molecule has 7 nitrogen and oxygen atoms in total. The minimum Gasteiger partial charge on any atom is -0.350 e. The van der Waals surface area contributed by atoms with Gasteiger partial charge in [0.2, 0.25) is 0 Å². The van der Waals surface area contributed by atoms with Crippen molar-refractivity contribution in [1.82, 2.24) is 0 Å². The molecule has 3 amide bonds. The molecule has 0 fully saturated rings. The van der Waals surface area contributed by atoms with Crippen LogP contribution < -0.4 is 15.5 Å². The van der Waals surface area contributed by atoms with Gasteiger partial charge in [0.25, 0.3) is 17.7 Å². The van der Waals surface area contributed by atoms with Gasteiger partial charge >= 0.3 is 0 Å². The van der Waals surface area contributed by atoms with Crippen molar-refractivity contribution in [1.29, 1.82) is 0 Å². The van der Waals surface area contributed by atoms with E-state index in [-0.39, 0.29) is 22.4 Å². The van der Waals surface area contributed by atoms with Crippen molar-refractivity contribution < 1.29 is 19.2 Å². The molecule has 4 rings (SSSR count). The van der Waals surface area contributed by atoms with Gasteiger partial charge < -0.3 is 10.6 Å². The summed E-state index contributed by atoms with van der Waals surface area (Å²) in [6, 6.07) is 18.4. The van der Waals surface area contributed by atoms with Crippen molar-refractivity contribution in [2.45, 2.75) is 20.8 Å². The smallest absolute Gasteiger partial charge is 0.283 e. The zero-order valence-corrected chi connectivity index (χ0v) is 20.1. The fourth-order valence-corrected chi connectivity index (χ4v) is 3.97. The maximum atomic E-state index is 13.1. The molecule has 1 aliphatic heterocycles. The van der Waals surface area contributed by atoms with Gasteiger partial charge in [0.05, 0.1) is 5.69 Å². The van der Waals surface area contributed by atoms with Crippen molar-refractivity contribution in [3.63, 3.8) is 0 Å². The van der Waals surface area contributed by atoms with Gasteiger partial charge in [-0.25, -0.2) is 4.90 Å². The summed E-state index contributed by atoms with van der Waals surface area (Å²) in [6.07, 6.45) is 0. The van der Waals surface area contributed by atoms with Crippen molar-refractivity contribution in [3.05, 3.63) is 99.7 Å². The number of amides is 3. The predicted molar refractivity (Wildman–Crippen MR) is 136 cm³/mol. The summed E-state index contributed by atoms with van der Waals surface area (Å²) in [4.78, 5) is 51.1. The maximum absolute atomic E-state index is 13.1. The fraction of sp³-hybridized carbons (Fsp3) is 0.111. The standard InChI is InChI=1S/C27H22ClN3O4/c1-15-7-12-22(16(2)13-15)31-26(34)23(28)24(27(31)35)29-21-6-4-5-19(14-21)25(33)30-20-10-8-18(9-11-20)17(3)32/h4-14,29H,1-3H3,(H,30,33). The van der Waals surface area contributed by atoms with Gasteiger partial charge in [-0.2, -0.15) is 0 Å². The van der Waals surface area contributed by atoms with E-state index in [4.69, 9.17) is 11.6 Å². The summed E-state index contributed by atoms with van der Waals surface area (Å²) in [6.45, 7) is 5.21. The van der Waals surface area contributed by atoms with Crippen LogP contribution in [0.15, 0.2) is 77.5 Å². The van der Waals surface area contributed by atoms with E-state index >= 15 is 0 Å². The van der Waals surface area contributed by atoms with E-state index < -0.39 is 11.8 Å². The molecule has 0 radical (unpaired) electrons. The number of benzene rings is 3. The van der Waals surface area contributed by atoms with Crippen LogP contribution in [0.25, 0.3) is 0 Å². The molecule has 0 spiro atoms. The number of carbonyl (C=O) groups is 4. The van der Waals surface area contributed by atoms with E-state index in [9.17, 15) is 19.2 Å². The molecular weight excluding hydrogens is 466 g/mol. The lowest BCUT2D eigenvalue weighted by atomic mass is 10.1. The summed E-state index contributed by atoms with van der Waals surface area (Å²) >= 11 is 6.25. The Morgan fingerprint density at radius 2 is 1.54 bits per heavy atom. The molecule has 0 unspecified atom stereocenters. The van der Waals surface area contributed by atoms with Gasteiger partial charge in [-0.1, -0.05) is 35.4 Å². The minimum absolute atomic E-state index is 0.0611. The molecule has 1 heterocycles. The van der Waals surface area contributed by atoms with Crippen molar-refractivity contribution in [3.8, 4) is 0 Å². The molecule has 0 saturated carbocycles. The second kappa shape index (κ2) is 9.56. The third kappa shape index (κ3) is 4.85. The van der Waals surface area contributed by atoms with Gasteiger partial charge in [-0.05, 0) is 74.9 Å². The average molecular weight is 488 g/mol. The topological polar surface area (TPSA) is 95.6 Å². The molecule has 0 saturated heterocycles. The Bertz CT molecular complexity index is 1410. The van der Waals surface area contributed by atoms with E-state index in [1.54, 1.807) is 54.6 Å². The lowest BCUT2D eigenvalue weighted by Gasteiger charge is -2.18. The number of nitrogens with zero attached hydrogens (tertiary/aromatic N) is 1. The van der Waals surface area contributed by atoms with Crippen molar-refractivity contribution >= 4 is 52.2 Å². The van der Waals surface area contributed by atoms with Crippen LogP contribution in [0.1, 0.15) is 38.8 Å². The normalized spacial score (nSPS) is 13.3. The number of halogens is 1. The Kier molecular flexibility index (Phi) is 6.53. The van der Waals surface area contributed by atoms with E-state index in [0.717, 1.165) is 16.0 Å². The lowest BCUT2D eigenvalue weighted by Crippen LogP contribution is -2.32. The monoisotopic (exact) mass is 487 g/mol. The molecule has 0 bridgehead atoms. The van der Waals surface area contributed by atoms with Crippen LogP contribution in [-0.4, -0.2) is 23.5 Å². The Labute approximate surface area is 207 Å². The summed E-state index contributed by atoms with van der Waals surface area (Å²) in [5.41, 5.74) is 4.00. The maximum Gasteiger partial charge on any atom is 0.283 e. The molecule has 0 aromatic heterocycles. The van der Waals surface area contributed by atoms with E-state index in [1.807, 2.05) is 26.0 Å². The number of anilines is 3. The second-order valence-electron chi connectivity index (χ2n) is 8.22. The molecule has 176 valence electrons.